The van der Waals surface area contributed by atoms with E-state index in [0.29, 0.717) is 5.88 Å². The Balaban J connectivity index is 1.99. The Morgan fingerprint density at radius 1 is 1.32 bits per heavy atom. The average Bonchev–Trinajstić information content (AvgIpc) is 2.46. The van der Waals surface area contributed by atoms with Crippen molar-refractivity contribution in [1.82, 2.24) is 4.98 Å². The van der Waals surface area contributed by atoms with Crippen molar-refractivity contribution < 1.29 is 4.74 Å². The standard InChI is InChI=1S/C15H17ClN2O/c1-11-9-18(10-12(8-16)19-11)15-6-7-17-14-5-3-2-4-13(14)15/h2-7,11-12H,8-10H2,1H3. The van der Waals surface area contributed by atoms with Gasteiger partial charge in [0.2, 0.25) is 0 Å². The van der Waals surface area contributed by atoms with E-state index in [9.17, 15) is 0 Å². The van der Waals surface area contributed by atoms with Crippen LogP contribution in [-0.2, 0) is 4.74 Å². The van der Waals surface area contributed by atoms with Gasteiger partial charge >= 0.3 is 0 Å². The van der Waals surface area contributed by atoms with Crippen molar-refractivity contribution >= 4 is 28.2 Å². The molecule has 0 aliphatic carbocycles. The number of pyridine rings is 1. The van der Waals surface area contributed by atoms with Gasteiger partial charge in [-0.25, -0.2) is 0 Å². The molecule has 0 spiro atoms. The number of para-hydroxylation sites is 1. The van der Waals surface area contributed by atoms with E-state index in [-0.39, 0.29) is 12.2 Å². The first-order valence-corrected chi connectivity index (χ1v) is 7.11. The highest BCUT2D eigenvalue weighted by atomic mass is 35.5. The lowest BCUT2D eigenvalue weighted by Gasteiger charge is -2.38. The lowest BCUT2D eigenvalue weighted by Crippen LogP contribution is -2.47. The third kappa shape index (κ3) is 2.53. The van der Waals surface area contributed by atoms with Crippen LogP contribution in [-0.4, -0.2) is 36.2 Å². The molecule has 3 nitrogen and oxygen atoms in total. The largest absolute Gasteiger partial charge is 0.370 e. The molecule has 19 heavy (non-hydrogen) atoms. The monoisotopic (exact) mass is 276 g/mol. The number of fused-ring (bicyclic) bond motifs is 1. The van der Waals surface area contributed by atoms with Gasteiger partial charge in [-0.05, 0) is 19.1 Å². The summed E-state index contributed by atoms with van der Waals surface area (Å²) in [5.74, 6) is 0.532. The van der Waals surface area contributed by atoms with Gasteiger partial charge in [0.15, 0.2) is 0 Å². The normalized spacial score (nSPS) is 23.8. The van der Waals surface area contributed by atoms with Gasteiger partial charge in [0.1, 0.15) is 0 Å². The molecule has 2 heterocycles. The Kier molecular flexibility index (Phi) is 3.58. The molecule has 2 aromatic rings. The molecule has 0 radical (unpaired) electrons. The van der Waals surface area contributed by atoms with Crippen LogP contribution in [0.3, 0.4) is 0 Å². The van der Waals surface area contributed by atoms with Crippen LogP contribution < -0.4 is 4.90 Å². The Bertz CT molecular complexity index is 570. The Morgan fingerprint density at radius 2 is 2.16 bits per heavy atom. The summed E-state index contributed by atoms with van der Waals surface area (Å²) in [5, 5.41) is 1.19. The van der Waals surface area contributed by atoms with Crippen LogP contribution in [0.15, 0.2) is 36.5 Å². The van der Waals surface area contributed by atoms with E-state index < -0.39 is 0 Å². The summed E-state index contributed by atoms with van der Waals surface area (Å²) in [5.41, 5.74) is 2.25. The molecule has 4 heteroatoms. The molecule has 2 unspecified atom stereocenters. The molecule has 2 atom stereocenters. The van der Waals surface area contributed by atoms with Crippen LogP contribution in [0.5, 0.6) is 0 Å². The molecule has 1 saturated heterocycles. The number of hydrogen-bond acceptors (Lipinski definition) is 3. The average molecular weight is 277 g/mol. The predicted molar refractivity (Wildman–Crippen MR) is 79.0 cm³/mol. The zero-order valence-corrected chi connectivity index (χ0v) is 11.7. The zero-order chi connectivity index (χ0) is 13.2. The molecular formula is C15H17ClN2O. The number of alkyl halides is 1. The third-order valence-corrected chi connectivity index (χ3v) is 3.81. The first kappa shape index (κ1) is 12.7. The van der Waals surface area contributed by atoms with Crippen LogP contribution in [0.25, 0.3) is 10.9 Å². The second-order valence-corrected chi connectivity index (χ2v) is 5.28. The summed E-state index contributed by atoms with van der Waals surface area (Å²) in [6.07, 6.45) is 2.16. The maximum absolute atomic E-state index is 5.95. The quantitative estimate of drug-likeness (QED) is 0.789. The van der Waals surface area contributed by atoms with Crippen molar-refractivity contribution in [3.8, 4) is 0 Å². The molecule has 0 amide bonds. The van der Waals surface area contributed by atoms with E-state index in [0.717, 1.165) is 18.6 Å². The number of nitrogens with zero attached hydrogens (tertiary/aromatic N) is 2. The highest BCUT2D eigenvalue weighted by molar-refractivity contribution is 6.18. The number of rotatable bonds is 2. The Labute approximate surface area is 118 Å². The fourth-order valence-corrected chi connectivity index (χ4v) is 2.85. The Morgan fingerprint density at radius 3 is 3.00 bits per heavy atom. The summed E-state index contributed by atoms with van der Waals surface area (Å²) in [6, 6.07) is 10.3. The number of ether oxygens (including phenoxy) is 1. The van der Waals surface area contributed by atoms with E-state index in [2.05, 4.69) is 35.0 Å². The van der Waals surface area contributed by atoms with Crippen molar-refractivity contribution in [2.24, 2.45) is 0 Å². The number of benzene rings is 1. The van der Waals surface area contributed by atoms with E-state index >= 15 is 0 Å². The SMILES string of the molecule is CC1CN(c2ccnc3ccccc23)CC(CCl)O1. The maximum Gasteiger partial charge on any atom is 0.0889 e. The number of anilines is 1. The molecule has 1 aliphatic heterocycles. The first-order chi connectivity index (χ1) is 9.28. The first-order valence-electron chi connectivity index (χ1n) is 6.58. The molecule has 0 N–H and O–H groups in total. The van der Waals surface area contributed by atoms with Crippen LogP contribution in [0.1, 0.15) is 6.92 Å². The molecule has 3 rings (SSSR count). The second-order valence-electron chi connectivity index (χ2n) is 4.98. The van der Waals surface area contributed by atoms with Crippen LogP contribution in [0.2, 0.25) is 0 Å². The van der Waals surface area contributed by atoms with Gasteiger partial charge in [-0.3, -0.25) is 4.98 Å². The molecule has 1 fully saturated rings. The van der Waals surface area contributed by atoms with E-state index in [1.165, 1.54) is 11.1 Å². The summed E-state index contributed by atoms with van der Waals surface area (Å²) in [7, 11) is 0. The van der Waals surface area contributed by atoms with Crippen LogP contribution in [0.4, 0.5) is 5.69 Å². The highest BCUT2D eigenvalue weighted by Gasteiger charge is 2.25. The van der Waals surface area contributed by atoms with Crippen molar-refractivity contribution in [2.45, 2.75) is 19.1 Å². The summed E-state index contributed by atoms with van der Waals surface area (Å²) >= 11 is 5.95. The minimum atomic E-state index is 0.0948. The maximum atomic E-state index is 5.95. The lowest BCUT2D eigenvalue weighted by atomic mass is 10.1. The predicted octanol–water partition coefficient (Wildman–Crippen LogP) is 3.07. The molecular weight excluding hydrogens is 260 g/mol. The number of hydrogen-bond donors (Lipinski definition) is 0. The number of aromatic nitrogens is 1. The summed E-state index contributed by atoms with van der Waals surface area (Å²) in [4.78, 5) is 6.76. The summed E-state index contributed by atoms with van der Waals surface area (Å²) < 4.78 is 5.81. The fraction of sp³-hybridized carbons (Fsp3) is 0.400. The van der Waals surface area contributed by atoms with Gasteiger partial charge in [-0.15, -0.1) is 11.6 Å². The lowest BCUT2D eigenvalue weighted by molar-refractivity contribution is -0.00324. The van der Waals surface area contributed by atoms with Crippen LogP contribution in [0, 0.1) is 0 Å². The topological polar surface area (TPSA) is 25.4 Å². The Hall–Kier alpha value is -1.32. The van der Waals surface area contributed by atoms with Crippen molar-refractivity contribution in [3.05, 3.63) is 36.5 Å². The van der Waals surface area contributed by atoms with Gasteiger partial charge in [-0.2, -0.15) is 0 Å². The molecule has 0 saturated carbocycles. The van der Waals surface area contributed by atoms with Crippen LogP contribution >= 0.6 is 11.6 Å². The summed E-state index contributed by atoms with van der Waals surface area (Å²) in [6.45, 7) is 3.82. The van der Waals surface area contributed by atoms with E-state index in [1.54, 1.807) is 0 Å². The zero-order valence-electron chi connectivity index (χ0n) is 10.9. The minimum Gasteiger partial charge on any atom is -0.370 e. The van der Waals surface area contributed by atoms with Gasteiger partial charge < -0.3 is 9.64 Å². The number of morpholine rings is 1. The molecule has 1 aromatic carbocycles. The molecule has 0 bridgehead atoms. The van der Waals surface area contributed by atoms with E-state index in [4.69, 9.17) is 16.3 Å². The smallest absolute Gasteiger partial charge is 0.0889 e. The van der Waals surface area contributed by atoms with Gasteiger partial charge in [0.05, 0.1) is 23.6 Å². The second kappa shape index (κ2) is 5.35. The molecule has 1 aliphatic rings. The fourth-order valence-electron chi connectivity index (χ4n) is 2.68. The highest BCUT2D eigenvalue weighted by Crippen LogP contribution is 2.27. The van der Waals surface area contributed by atoms with Crippen molar-refractivity contribution in [2.75, 3.05) is 23.9 Å². The van der Waals surface area contributed by atoms with Gasteiger partial charge in [-0.1, -0.05) is 18.2 Å². The minimum absolute atomic E-state index is 0.0948. The van der Waals surface area contributed by atoms with Gasteiger partial charge in [0, 0.05) is 30.4 Å². The number of halogens is 1. The molecule has 100 valence electrons. The van der Waals surface area contributed by atoms with E-state index in [1.807, 2.05) is 18.3 Å². The third-order valence-electron chi connectivity index (χ3n) is 3.47. The van der Waals surface area contributed by atoms with Crippen molar-refractivity contribution in [1.29, 1.82) is 0 Å². The van der Waals surface area contributed by atoms with Crippen molar-refractivity contribution in [3.63, 3.8) is 0 Å². The van der Waals surface area contributed by atoms with Gasteiger partial charge in [0.25, 0.3) is 0 Å². The molecule has 1 aromatic heterocycles.